The van der Waals surface area contributed by atoms with Crippen LogP contribution < -0.4 is 0 Å². The van der Waals surface area contributed by atoms with Gasteiger partial charge in [0, 0.05) is 6.57 Å². The first kappa shape index (κ1) is 17.2. The number of hydrogen-bond acceptors (Lipinski definition) is 1. The molecule has 1 nitrogen and oxygen atoms in total. The zero-order chi connectivity index (χ0) is 16.4. The van der Waals surface area contributed by atoms with Gasteiger partial charge in [0.1, 0.15) is 0 Å². The quantitative estimate of drug-likeness (QED) is 0.638. The minimum Gasteiger partial charge on any atom is -0.202 e. The number of allylic oxidation sites excluding steroid dienone is 5. The Hall–Kier alpha value is -2.85. The highest BCUT2D eigenvalue weighted by molar-refractivity contribution is 5.78. The van der Waals surface area contributed by atoms with Gasteiger partial charge in [-0.15, -0.1) is 0 Å². The van der Waals surface area contributed by atoms with E-state index in [2.05, 4.69) is 80.8 Å². The zero-order valence-electron chi connectivity index (χ0n) is 13.2. The van der Waals surface area contributed by atoms with Crippen molar-refractivity contribution < 1.29 is 0 Å². The minimum atomic E-state index is 1.18. The molecule has 0 bridgehead atoms. The molecule has 2 rings (SSSR count). The normalized spacial score (nSPS) is 10.8. The van der Waals surface area contributed by atoms with E-state index in [0.29, 0.717) is 0 Å². The van der Waals surface area contributed by atoms with Crippen molar-refractivity contribution in [3.63, 3.8) is 0 Å². The second-order valence-corrected chi connectivity index (χ2v) is 4.81. The van der Waals surface area contributed by atoms with Crippen LogP contribution in [0.15, 0.2) is 79.4 Å². The lowest BCUT2D eigenvalue weighted by atomic mass is 9.98. The molecule has 2 aromatic rings. The fourth-order valence-corrected chi connectivity index (χ4v) is 2.26. The fourth-order valence-electron chi connectivity index (χ4n) is 2.26. The molecule has 110 valence electrons. The minimum absolute atomic E-state index is 1.18. The molecule has 0 aliphatic rings. The highest BCUT2D eigenvalue weighted by Gasteiger charge is 2.01. The van der Waals surface area contributed by atoms with Crippen LogP contribution in [0.3, 0.4) is 0 Å². The molecule has 0 heterocycles. The van der Waals surface area contributed by atoms with Gasteiger partial charge in [-0.25, -0.2) is 5.26 Å². The summed E-state index contributed by atoms with van der Waals surface area (Å²) in [5.74, 6) is 0. The highest BCUT2D eigenvalue weighted by atomic mass is 14.2. The van der Waals surface area contributed by atoms with Gasteiger partial charge >= 0.3 is 0 Å². The van der Waals surface area contributed by atoms with Gasteiger partial charge < -0.3 is 0 Å². The first-order valence-electron chi connectivity index (χ1n) is 7.13. The summed E-state index contributed by atoms with van der Waals surface area (Å²) in [5, 5.41) is 6.50. The number of aryl methyl sites for hydroxylation is 1. The summed E-state index contributed by atoms with van der Waals surface area (Å²) < 4.78 is 0. The summed E-state index contributed by atoms with van der Waals surface area (Å²) in [6, 6.07) is 17.2. The Morgan fingerprint density at radius 3 is 2.27 bits per heavy atom. The molecule has 0 aliphatic heterocycles. The van der Waals surface area contributed by atoms with E-state index >= 15 is 0 Å². The average molecular weight is 287 g/mol. The molecule has 0 unspecified atom stereocenters. The van der Waals surface area contributed by atoms with Crippen LogP contribution in [0.5, 0.6) is 0 Å². The molecule has 0 radical (unpaired) electrons. The summed E-state index contributed by atoms with van der Waals surface area (Å²) in [6.45, 7) is 11.4. The van der Waals surface area contributed by atoms with Crippen molar-refractivity contribution in [2.45, 2.75) is 13.8 Å². The molecule has 0 spiro atoms. The first-order valence-corrected chi connectivity index (χ1v) is 7.13. The van der Waals surface area contributed by atoms with E-state index in [9.17, 15) is 0 Å². The van der Waals surface area contributed by atoms with E-state index in [0.717, 1.165) is 0 Å². The lowest BCUT2D eigenvalue weighted by Gasteiger charge is -2.07. The number of benzene rings is 2. The first-order chi connectivity index (χ1) is 10.7. The molecular weight excluding hydrogens is 266 g/mol. The lowest BCUT2D eigenvalue weighted by Crippen LogP contribution is -1.84. The Morgan fingerprint density at radius 1 is 1.05 bits per heavy atom. The Morgan fingerprint density at radius 2 is 1.68 bits per heavy atom. The van der Waals surface area contributed by atoms with Crippen molar-refractivity contribution >= 4 is 5.57 Å². The monoisotopic (exact) mass is 287 g/mol. The van der Waals surface area contributed by atoms with Crippen LogP contribution in [0.1, 0.15) is 18.1 Å². The van der Waals surface area contributed by atoms with Gasteiger partial charge in [-0.05, 0) is 42.2 Å². The van der Waals surface area contributed by atoms with E-state index in [1.54, 1.807) is 0 Å². The zero-order valence-corrected chi connectivity index (χ0v) is 13.2. The van der Waals surface area contributed by atoms with Crippen LogP contribution >= 0.6 is 0 Å². The summed E-state index contributed by atoms with van der Waals surface area (Å²) in [7, 11) is 0. The van der Waals surface area contributed by atoms with Crippen LogP contribution in [0, 0.1) is 18.8 Å². The van der Waals surface area contributed by atoms with E-state index in [1.165, 1.54) is 27.8 Å². The van der Waals surface area contributed by atoms with Gasteiger partial charge in [0.25, 0.3) is 0 Å². The van der Waals surface area contributed by atoms with Crippen LogP contribution in [0.2, 0.25) is 0 Å². The molecule has 0 fully saturated rings. The summed E-state index contributed by atoms with van der Waals surface area (Å²) in [5.41, 5.74) is 6.16. The maximum atomic E-state index is 6.50. The number of nitrogens with zero attached hydrogens (tertiary/aromatic N) is 1. The molecule has 1 heteroatoms. The Balaban J connectivity index is 0.00000116. The van der Waals surface area contributed by atoms with E-state index < -0.39 is 0 Å². The fraction of sp³-hybridized carbons (Fsp3) is 0.0952. The van der Waals surface area contributed by atoms with E-state index in [1.807, 2.05) is 19.1 Å². The van der Waals surface area contributed by atoms with Gasteiger partial charge in [-0.3, -0.25) is 0 Å². The van der Waals surface area contributed by atoms with Gasteiger partial charge in [0.05, 0.1) is 0 Å². The molecule has 0 saturated carbocycles. The Labute approximate surface area is 133 Å². The highest BCUT2D eigenvalue weighted by Crippen LogP contribution is 2.25. The molecule has 0 saturated heterocycles. The topological polar surface area (TPSA) is 23.8 Å². The van der Waals surface area contributed by atoms with Crippen LogP contribution in [-0.4, -0.2) is 0 Å². The van der Waals surface area contributed by atoms with Crippen molar-refractivity contribution in [3.05, 3.63) is 90.5 Å². The third kappa shape index (κ3) is 4.61. The van der Waals surface area contributed by atoms with Crippen molar-refractivity contribution in [2.24, 2.45) is 0 Å². The third-order valence-electron chi connectivity index (χ3n) is 3.19. The number of hydrogen-bond donors (Lipinski definition) is 0. The maximum absolute atomic E-state index is 6.50. The van der Waals surface area contributed by atoms with Crippen molar-refractivity contribution in [3.8, 4) is 17.7 Å². The number of nitriles is 1. The third-order valence-corrected chi connectivity index (χ3v) is 3.19. The largest absolute Gasteiger partial charge is 0.202 e. The maximum Gasteiger partial charge on any atom is 0.0462 e. The van der Waals surface area contributed by atoms with Crippen molar-refractivity contribution in [1.82, 2.24) is 0 Å². The Kier molecular flexibility index (Phi) is 7.16. The van der Waals surface area contributed by atoms with E-state index in [4.69, 9.17) is 5.26 Å². The van der Waals surface area contributed by atoms with Gasteiger partial charge in [0.15, 0.2) is 0 Å². The van der Waals surface area contributed by atoms with Crippen LogP contribution in [-0.2, 0) is 0 Å². The molecule has 0 amide bonds. The predicted octanol–water partition coefficient (Wildman–Crippen LogP) is 5.95. The summed E-state index contributed by atoms with van der Waals surface area (Å²) >= 11 is 0. The molecule has 2 aromatic carbocycles. The predicted molar refractivity (Wildman–Crippen MR) is 96.3 cm³/mol. The average Bonchev–Trinajstić information content (AvgIpc) is 2.57. The van der Waals surface area contributed by atoms with Crippen molar-refractivity contribution in [1.29, 1.82) is 5.26 Å². The second kappa shape index (κ2) is 9.15. The van der Waals surface area contributed by atoms with Gasteiger partial charge in [-0.2, -0.15) is 0 Å². The Bertz CT molecular complexity index is 703. The molecule has 22 heavy (non-hydrogen) atoms. The van der Waals surface area contributed by atoms with Crippen LogP contribution in [0.25, 0.3) is 16.7 Å². The van der Waals surface area contributed by atoms with Crippen LogP contribution in [0.4, 0.5) is 0 Å². The summed E-state index contributed by atoms with van der Waals surface area (Å²) in [6.07, 6.45) is 8.02. The van der Waals surface area contributed by atoms with E-state index in [-0.39, 0.29) is 0 Å². The molecule has 0 aromatic heterocycles. The SMILES string of the molecule is C#N.C=C/C=C(\C=C\C)c1cccc(-c2cccc(C)c2)c1. The number of rotatable bonds is 4. The molecular formula is C21H21N. The standard InChI is InChI=1S/C20H20.CHN/c1-4-8-17(9-5-2)19-12-7-13-20(15-19)18-11-6-10-16(3)14-18;1-2/h4-15H,1H2,2-3H3;1H/b9-5+,17-8+;. The second-order valence-electron chi connectivity index (χ2n) is 4.81. The molecule has 0 aliphatic carbocycles. The van der Waals surface area contributed by atoms with Gasteiger partial charge in [-0.1, -0.05) is 78.9 Å². The lowest BCUT2D eigenvalue weighted by molar-refractivity contribution is 1.46. The van der Waals surface area contributed by atoms with Crippen molar-refractivity contribution in [2.75, 3.05) is 0 Å². The molecule has 0 atom stereocenters. The summed E-state index contributed by atoms with van der Waals surface area (Å²) in [4.78, 5) is 0. The van der Waals surface area contributed by atoms with Gasteiger partial charge in [0.2, 0.25) is 0 Å². The molecule has 0 N–H and O–H groups in total. The smallest absolute Gasteiger partial charge is 0.0462 e.